The molecule has 4 atom stereocenters. The average molecular weight is 368 g/mol. The molecule has 2 aromatic rings. The third-order valence-corrected chi connectivity index (χ3v) is 6.15. The molecule has 1 N–H and O–H groups in total. The number of amides is 1. The predicted molar refractivity (Wildman–Crippen MR) is 105 cm³/mol. The maximum Gasteiger partial charge on any atom is 0.216 e. The Hall–Kier alpha value is -2.34. The van der Waals surface area contributed by atoms with Gasteiger partial charge in [0, 0.05) is 50.3 Å². The van der Waals surface area contributed by atoms with Crippen molar-refractivity contribution in [2.45, 2.75) is 31.7 Å². The number of nitrogens with one attached hydrogen (secondary N) is 1. The Morgan fingerprint density at radius 2 is 2.11 bits per heavy atom. The molecule has 6 nitrogen and oxygen atoms in total. The van der Waals surface area contributed by atoms with E-state index in [2.05, 4.69) is 40.1 Å². The Bertz CT molecular complexity index is 814. The summed E-state index contributed by atoms with van der Waals surface area (Å²) in [5.74, 6) is 2.09. The van der Waals surface area contributed by atoms with Crippen LogP contribution >= 0.6 is 0 Å². The molecule has 1 aromatic carbocycles. The molecule has 0 radical (unpaired) electrons. The van der Waals surface area contributed by atoms with Crippen molar-refractivity contribution in [2.75, 3.05) is 26.7 Å². The molecule has 6 heteroatoms. The van der Waals surface area contributed by atoms with Crippen LogP contribution < -0.4 is 10.1 Å². The van der Waals surface area contributed by atoms with Crippen molar-refractivity contribution in [1.82, 2.24) is 20.0 Å². The number of rotatable bonds is 5. The number of aryl methyl sites for hydroxylation is 1. The van der Waals surface area contributed by atoms with Gasteiger partial charge in [0.05, 0.1) is 12.8 Å². The van der Waals surface area contributed by atoms with E-state index < -0.39 is 0 Å². The molecule has 4 heterocycles. The van der Waals surface area contributed by atoms with E-state index in [1.165, 1.54) is 12.1 Å². The molecule has 144 valence electrons. The van der Waals surface area contributed by atoms with Crippen molar-refractivity contribution < 1.29 is 9.53 Å². The highest BCUT2D eigenvalue weighted by molar-refractivity contribution is 5.72. The predicted octanol–water partition coefficient (Wildman–Crippen LogP) is 2.41. The van der Waals surface area contributed by atoms with E-state index in [1.54, 1.807) is 14.0 Å². The molecule has 27 heavy (non-hydrogen) atoms. The van der Waals surface area contributed by atoms with Crippen LogP contribution in [0.25, 0.3) is 11.3 Å². The van der Waals surface area contributed by atoms with Crippen LogP contribution in [0, 0.1) is 5.92 Å². The molecule has 3 aliphatic heterocycles. The molecule has 0 aliphatic carbocycles. The molecule has 2 bridgehead atoms. The summed E-state index contributed by atoms with van der Waals surface area (Å²) >= 11 is 0. The molecule has 3 saturated heterocycles. The minimum Gasteiger partial charge on any atom is -0.497 e. The van der Waals surface area contributed by atoms with Gasteiger partial charge >= 0.3 is 0 Å². The standard InChI is InChI=1S/C21H28N4O2/c1-14(26)22-12-17-10-16-8-9-25(17)13-19(16)21-11-20(23-24(21)2)15-4-6-18(27-3)7-5-15/h4-7,11,16-17,19H,8-10,12-13H2,1-3H3,(H,22,26)/t16-,17+,19-/m0/s1. The number of carbonyl (C=O) groups excluding carboxylic acids is 1. The van der Waals surface area contributed by atoms with Crippen molar-refractivity contribution in [2.24, 2.45) is 13.0 Å². The fourth-order valence-electron chi connectivity index (χ4n) is 4.68. The normalized spacial score (nSPS) is 26.8. The van der Waals surface area contributed by atoms with Gasteiger partial charge in [-0.05, 0) is 55.6 Å². The highest BCUT2D eigenvalue weighted by Gasteiger charge is 2.41. The number of methoxy groups -OCH3 is 1. The molecular formula is C21H28N4O2. The van der Waals surface area contributed by atoms with Gasteiger partial charge in [0.1, 0.15) is 5.75 Å². The summed E-state index contributed by atoms with van der Waals surface area (Å²) in [4.78, 5) is 13.8. The zero-order chi connectivity index (χ0) is 19.0. The SMILES string of the molecule is COc1ccc(-c2cc([C@H]3CN4CC[C@H]3C[C@@H]4CNC(C)=O)n(C)n2)cc1. The topological polar surface area (TPSA) is 59.4 Å². The van der Waals surface area contributed by atoms with E-state index in [0.29, 0.717) is 17.9 Å². The van der Waals surface area contributed by atoms with Gasteiger partial charge in [-0.1, -0.05) is 0 Å². The molecule has 0 spiro atoms. The number of ether oxygens (including phenoxy) is 1. The first kappa shape index (κ1) is 18.0. The van der Waals surface area contributed by atoms with Crippen molar-refractivity contribution in [3.63, 3.8) is 0 Å². The Labute approximate surface area is 160 Å². The van der Waals surface area contributed by atoms with Crippen LogP contribution in [0.5, 0.6) is 5.75 Å². The van der Waals surface area contributed by atoms with Gasteiger partial charge in [-0.25, -0.2) is 0 Å². The number of piperidine rings is 3. The summed E-state index contributed by atoms with van der Waals surface area (Å²) in [5.41, 5.74) is 3.44. The Balaban J connectivity index is 1.51. The number of carbonyl (C=O) groups is 1. The smallest absolute Gasteiger partial charge is 0.216 e. The number of aromatic nitrogens is 2. The van der Waals surface area contributed by atoms with E-state index in [-0.39, 0.29) is 5.91 Å². The van der Waals surface area contributed by atoms with Gasteiger partial charge in [0.15, 0.2) is 0 Å². The summed E-state index contributed by atoms with van der Waals surface area (Å²) in [6, 6.07) is 10.8. The second-order valence-corrected chi connectivity index (χ2v) is 7.78. The van der Waals surface area contributed by atoms with Gasteiger partial charge in [0.2, 0.25) is 5.91 Å². The second kappa shape index (κ2) is 7.35. The average Bonchev–Trinajstić information content (AvgIpc) is 3.08. The molecule has 3 aliphatic rings. The van der Waals surface area contributed by atoms with Crippen LogP contribution in [0.2, 0.25) is 0 Å². The number of benzene rings is 1. The first-order chi connectivity index (χ1) is 13.0. The zero-order valence-corrected chi connectivity index (χ0v) is 16.3. The third-order valence-electron chi connectivity index (χ3n) is 6.15. The largest absolute Gasteiger partial charge is 0.497 e. The molecule has 1 amide bonds. The molecular weight excluding hydrogens is 340 g/mol. The number of nitrogens with zero attached hydrogens (tertiary/aromatic N) is 3. The minimum absolute atomic E-state index is 0.0602. The van der Waals surface area contributed by atoms with Crippen LogP contribution in [-0.2, 0) is 11.8 Å². The minimum atomic E-state index is 0.0602. The van der Waals surface area contributed by atoms with E-state index in [1.807, 2.05) is 12.1 Å². The van der Waals surface area contributed by atoms with Gasteiger partial charge in [-0.3, -0.25) is 14.4 Å². The maximum absolute atomic E-state index is 11.3. The van der Waals surface area contributed by atoms with Gasteiger partial charge in [-0.2, -0.15) is 5.10 Å². The van der Waals surface area contributed by atoms with Crippen molar-refractivity contribution >= 4 is 5.91 Å². The van der Waals surface area contributed by atoms with E-state index in [4.69, 9.17) is 9.84 Å². The Morgan fingerprint density at radius 3 is 2.74 bits per heavy atom. The summed E-state index contributed by atoms with van der Waals surface area (Å²) < 4.78 is 7.30. The third kappa shape index (κ3) is 3.58. The zero-order valence-electron chi connectivity index (χ0n) is 16.3. The monoisotopic (exact) mass is 368 g/mol. The number of hydrogen-bond acceptors (Lipinski definition) is 4. The maximum atomic E-state index is 11.3. The summed E-state index contributed by atoms with van der Waals surface area (Å²) in [7, 11) is 3.73. The lowest BCUT2D eigenvalue weighted by Crippen LogP contribution is -2.56. The lowest BCUT2D eigenvalue weighted by Gasteiger charge is -2.49. The number of hydrogen-bond donors (Lipinski definition) is 1. The van der Waals surface area contributed by atoms with Gasteiger partial charge < -0.3 is 10.1 Å². The number of fused-ring (bicyclic) bond motifs is 3. The van der Waals surface area contributed by atoms with Crippen LogP contribution in [-0.4, -0.2) is 53.4 Å². The summed E-state index contributed by atoms with van der Waals surface area (Å²) in [6.07, 6.45) is 2.37. The van der Waals surface area contributed by atoms with E-state index in [9.17, 15) is 4.79 Å². The quantitative estimate of drug-likeness (QED) is 0.881. The lowest BCUT2D eigenvalue weighted by atomic mass is 9.74. The molecule has 5 rings (SSSR count). The van der Waals surface area contributed by atoms with Gasteiger partial charge in [-0.15, -0.1) is 0 Å². The van der Waals surface area contributed by atoms with Crippen LogP contribution in [0.15, 0.2) is 30.3 Å². The fourth-order valence-corrected chi connectivity index (χ4v) is 4.68. The van der Waals surface area contributed by atoms with E-state index in [0.717, 1.165) is 43.1 Å². The fraction of sp³-hybridized carbons (Fsp3) is 0.524. The second-order valence-electron chi connectivity index (χ2n) is 7.78. The lowest BCUT2D eigenvalue weighted by molar-refractivity contribution is -0.119. The highest BCUT2D eigenvalue weighted by atomic mass is 16.5. The van der Waals surface area contributed by atoms with Crippen LogP contribution in [0.3, 0.4) is 0 Å². The molecule has 1 aromatic heterocycles. The molecule has 1 unspecified atom stereocenters. The first-order valence-corrected chi connectivity index (χ1v) is 9.72. The molecule has 3 fully saturated rings. The van der Waals surface area contributed by atoms with Crippen molar-refractivity contribution in [3.05, 3.63) is 36.0 Å². The summed E-state index contributed by atoms with van der Waals surface area (Å²) in [6.45, 7) is 4.54. The Morgan fingerprint density at radius 1 is 1.33 bits per heavy atom. The summed E-state index contributed by atoms with van der Waals surface area (Å²) in [5, 5.41) is 7.77. The Kier molecular flexibility index (Phi) is 4.91. The van der Waals surface area contributed by atoms with Crippen molar-refractivity contribution in [3.8, 4) is 17.0 Å². The van der Waals surface area contributed by atoms with E-state index >= 15 is 0 Å². The van der Waals surface area contributed by atoms with Gasteiger partial charge in [0.25, 0.3) is 0 Å². The first-order valence-electron chi connectivity index (χ1n) is 9.72. The van der Waals surface area contributed by atoms with Crippen LogP contribution in [0.4, 0.5) is 0 Å². The molecule has 0 saturated carbocycles. The highest BCUT2D eigenvalue weighted by Crippen LogP contribution is 2.42. The van der Waals surface area contributed by atoms with Crippen LogP contribution in [0.1, 0.15) is 31.4 Å². The van der Waals surface area contributed by atoms with Crippen molar-refractivity contribution in [1.29, 1.82) is 0 Å².